The van der Waals surface area contributed by atoms with Gasteiger partial charge >= 0.3 is 6.18 Å². The molecule has 3 N–H and O–H groups in total. The zero-order chi connectivity index (χ0) is 21.7. The van der Waals surface area contributed by atoms with Gasteiger partial charge in [0.2, 0.25) is 5.91 Å². The van der Waals surface area contributed by atoms with E-state index in [9.17, 15) is 27.6 Å². The predicted octanol–water partition coefficient (Wildman–Crippen LogP) is 3.21. The number of anilines is 1. The van der Waals surface area contributed by atoms with E-state index in [4.69, 9.17) is 0 Å². The first kappa shape index (κ1) is 21.4. The zero-order valence-electron chi connectivity index (χ0n) is 15.9. The molecular weight excluding hydrogens is 399 g/mol. The summed E-state index contributed by atoms with van der Waals surface area (Å²) in [6.07, 6.45) is -2.85. The Morgan fingerprint density at radius 2 is 1.47 bits per heavy atom. The molecule has 0 heterocycles. The molecule has 0 radical (unpaired) electrons. The molecule has 6 nitrogen and oxygen atoms in total. The first-order valence-electron chi connectivity index (χ1n) is 9.39. The van der Waals surface area contributed by atoms with Crippen molar-refractivity contribution in [2.24, 2.45) is 5.92 Å². The Kier molecular flexibility index (Phi) is 6.39. The molecular formula is C21H20F3N3O3. The van der Waals surface area contributed by atoms with Gasteiger partial charge in [0.15, 0.2) is 0 Å². The van der Waals surface area contributed by atoms with Crippen LogP contribution >= 0.6 is 0 Å². The van der Waals surface area contributed by atoms with Crippen molar-refractivity contribution in [3.05, 3.63) is 65.2 Å². The maximum atomic E-state index is 13.0. The lowest BCUT2D eigenvalue weighted by molar-refractivity contribution is -0.138. The summed E-state index contributed by atoms with van der Waals surface area (Å²) in [6, 6.07) is 10.8. The number of nitrogens with one attached hydrogen (secondary N) is 3. The van der Waals surface area contributed by atoms with Gasteiger partial charge in [-0.15, -0.1) is 0 Å². The van der Waals surface area contributed by atoms with Crippen molar-refractivity contribution in [1.82, 2.24) is 10.6 Å². The quantitative estimate of drug-likeness (QED) is 0.603. The molecule has 0 atom stereocenters. The number of halogens is 3. The van der Waals surface area contributed by atoms with Crippen LogP contribution in [0.1, 0.15) is 39.1 Å². The van der Waals surface area contributed by atoms with Crippen molar-refractivity contribution >= 4 is 23.4 Å². The second-order valence-corrected chi connectivity index (χ2v) is 6.90. The molecule has 30 heavy (non-hydrogen) atoms. The third kappa shape index (κ3) is 5.59. The maximum absolute atomic E-state index is 13.0. The molecule has 0 unspecified atom stereocenters. The summed E-state index contributed by atoms with van der Waals surface area (Å²) in [7, 11) is 0. The van der Waals surface area contributed by atoms with Gasteiger partial charge in [0, 0.05) is 30.3 Å². The van der Waals surface area contributed by atoms with Crippen LogP contribution < -0.4 is 16.0 Å². The molecule has 158 valence electrons. The minimum Gasteiger partial charge on any atom is -0.350 e. The largest absolute Gasteiger partial charge is 0.417 e. The van der Waals surface area contributed by atoms with E-state index in [1.165, 1.54) is 12.1 Å². The Morgan fingerprint density at radius 3 is 2.07 bits per heavy atom. The van der Waals surface area contributed by atoms with Crippen molar-refractivity contribution in [3.63, 3.8) is 0 Å². The Balaban J connectivity index is 1.46. The summed E-state index contributed by atoms with van der Waals surface area (Å²) in [4.78, 5) is 35.9. The predicted molar refractivity (Wildman–Crippen MR) is 104 cm³/mol. The molecule has 0 spiro atoms. The third-order valence-electron chi connectivity index (χ3n) is 4.54. The van der Waals surface area contributed by atoms with Gasteiger partial charge in [-0.05, 0) is 49.2 Å². The van der Waals surface area contributed by atoms with Crippen molar-refractivity contribution < 1.29 is 27.6 Å². The van der Waals surface area contributed by atoms with Gasteiger partial charge < -0.3 is 16.0 Å². The number of amides is 3. The summed E-state index contributed by atoms with van der Waals surface area (Å²) in [6.45, 7) is 0.00518. The molecule has 0 saturated heterocycles. The molecule has 0 aliphatic heterocycles. The highest BCUT2D eigenvalue weighted by Crippen LogP contribution is 2.32. The first-order chi connectivity index (χ1) is 14.3. The summed E-state index contributed by atoms with van der Waals surface area (Å²) in [5.41, 5.74) is -0.534. The summed E-state index contributed by atoms with van der Waals surface area (Å²) in [5, 5.41) is 7.71. The summed E-state index contributed by atoms with van der Waals surface area (Å²) < 4.78 is 38.9. The van der Waals surface area contributed by atoms with Crippen molar-refractivity contribution in [3.8, 4) is 0 Å². The molecule has 3 rings (SSSR count). The minimum absolute atomic E-state index is 0.0324. The molecule has 3 amide bonds. The van der Waals surface area contributed by atoms with E-state index in [-0.39, 0.29) is 24.9 Å². The molecule has 2 aromatic carbocycles. The Hall–Kier alpha value is -3.36. The number of hydrogen-bond donors (Lipinski definition) is 3. The number of carbonyl (C=O) groups is 3. The van der Waals surface area contributed by atoms with Crippen LogP contribution in [0.15, 0.2) is 48.5 Å². The lowest BCUT2D eigenvalue weighted by atomic mass is 10.1. The second-order valence-electron chi connectivity index (χ2n) is 6.90. The van der Waals surface area contributed by atoms with E-state index in [0.717, 1.165) is 25.0 Å². The van der Waals surface area contributed by atoms with Crippen molar-refractivity contribution in [1.29, 1.82) is 0 Å². The topological polar surface area (TPSA) is 87.3 Å². The van der Waals surface area contributed by atoms with Gasteiger partial charge in [0.1, 0.15) is 0 Å². The fraction of sp³-hybridized carbons (Fsp3) is 0.286. The number of alkyl halides is 3. The smallest absolute Gasteiger partial charge is 0.350 e. The summed E-state index contributed by atoms with van der Waals surface area (Å²) >= 11 is 0. The first-order valence-corrected chi connectivity index (χ1v) is 9.39. The van der Waals surface area contributed by atoms with E-state index in [0.29, 0.717) is 11.3 Å². The molecule has 1 saturated carbocycles. The van der Waals surface area contributed by atoms with Crippen LogP contribution in [0.25, 0.3) is 0 Å². The highest BCUT2D eigenvalue weighted by Gasteiger charge is 2.34. The molecule has 0 bridgehead atoms. The van der Waals surface area contributed by atoms with E-state index in [1.54, 1.807) is 24.3 Å². The van der Waals surface area contributed by atoms with E-state index >= 15 is 0 Å². The van der Waals surface area contributed by atoms with Gasteiger partial charge in [-0.1, -0.05) is 12.1 Å². The molecule has 0 aromatic heterocycles. The van der Waals surface area contributed by atoms with E-state index < -0.39 is 29.1 Å². The van der Waals surface area contributed by atoms with E-state index in [1.807, 2.05) is 0 Å². The SMILES string of the molecule is O=C(NCCNC(=O)c1ccccc1C(F)(F)F)c1ccc(NC(=O)C2CC2)cc1. The average molecular weight is 419 g/mol. The molecule has 9 heteroatoms. The fourth-order valence-corrected chi connectivity index (χ4v) is 2.77. The van der Waals surface area contributed by atoms with Crippen molar-refractivity contribution in [2.45, 2.75) is 19.0 Å². The minimum atomic E-state index is -4.63. The zero-order valence-corrected chi connectivity index (χ0v) is 15.9. The average Bonchev–Trinajstić information content (AvgIpc) is 3.56. The maximum Gasteiger partial charge on any atom is 0.417 e. The molecule has 1 aliphatic carbocycles. The van der Waals surface area contributed by atoms with Crippen LogP contribution in [0.3, 0.4) is 0 Å². The Bertz CT molecular complexity index is 939. The van der Waals surface area contributed by atoms with Gasteiger partial charge in [-0.2, -0.15) is 13.2 Å². The second kappa shape index (κ2) is 8.98. The van der Waals surface area contributed by atoms with Gasteiger partial charge in [-0.25, -0.2) is 0 Å². The van der Waals surface area contributed by atoms with Crippen molar-refractivity contribution in [2.75, 3.05) is 18.4 Å². The van der Waals surface area contributed by atoms with Crippen LogP contribution in [0.4, 0.5) is 18.9 Å². The van der Waals surface area contributed by atoms with Crippen LogP contribution in [-0.2, 0) is 11.0 Å². The Labute approximate surface area is 170 Å². The standard InChI is InChI=1S/C21H20F3N3O3/c22-21(23,24)17-4-2-1-3-16(17)20(30)26-12-11-25-18(28)13-7-9-15(10-8-13)27-19(29)14-5-6-14/h1-4,7-10,14H,5-6,11-12H2,(H,25,28)(H,26,30)(H,27,29). The number of benzene rings is 2. The highest BCUT2D eigenvalue weighted by atomic mass is 19.4. The third-order valence-corrected chi connectivity index (χ3v) is 4.54. The van der Waals surface area contributed by atoms with Gasteiger partial charge in [-0.3, -0.25) is 14.4 Å². The van der Waals surface area contributed by atoms with Gasteiger partial charge in [0.25, 0.3) is 11.8 Å². The van der Waals surface area contributed by atoms with Crippen LogP contribution in [0, 0.1) is 5.92 Å². The van der Waals surface area contributed by atoms with Crippen LogP contribution in [-0.4, -0.2) is 30.8 Å². The lowest BCUT2D eigenvalue weighted by Crippen LogP contribution is -2.35. The normalized spacial score (nSPS) is 13.4. The van der Waals surface area contributed by atoms with E-state index in [2.05, 4.69) is 16.0 Å². The van der Waals surface area contributed by atoms with Gasteiger partial charge in [0.05, 0.1) is 11.1 Å². The number of carbonyl (C=O) groups excluding carboxylic acids is 3. The van der Waals surface area contributed by atoms with Crippen LogP contribution in [0.5, 0.6) is 0 Å². The lowest BCUT2D eigenvalue weighted by Gasteiger charge is -2.13. The Morgan fingerprint density at radius 1 is 0.867 bits per heavy atom. The fourth-order valence-electron chi connectivity index (χ4n) is 2.77. The molecule has 2 aromatic rings. The molecule has 1 fully saturated rings. The molecule has 1 aliphatic rings. The summed E-state index contributed by atoms with van der Waals surface area (Å²) in [5.74, 6) is -1.23. The monoisotopic (exact) mass is 419 g/mol. The highest BCUT2D eigenvalue weighted by molar-refractivity contribution is 5.97. The number of hydrogen-bond acceptors (Lipinski definition) is 3. The van der Waals surface area contributed by atoms with Crippen LogP contribution in [0.2, 0.25) is 0 Å². The number of rotatable bonds is 7.